The van der Waals surface area contributed by atoms with Gasteiger partial charge >= 0.3 is 5.97 Å². The van der Waals surface area contributed by atoms with E-state index in [9.17, 15) is 4.79 Å². The van der Waals surface area contributed by atoms with Gasteiger partial charge in [0.2, 0.25) is 0 Å². The van der Waals surface area contributed by atoms with E-state index in [1.807, 2.05) is 6.92 Å². The minimum absolute atomic E-state index is 0.627. The number of rotatable bonds is 6. The summed E-state index contributed by atoms with van der Waals surface area (Å²) in [6.07, 6.45) is 3.80. The minimum atomic E-state index is -0.865. The lowest BCUT2D eigenvalue weighted by Gasteiger charge is -2.23. The van der Waals surface area contributed by atoms with Crippen LogP contribution in [0.15, 0.2) is 11.6 Å². The maximum absolute atomic E-state index is 10.4. The molecule has 1 aliphatic rings. The lowest BCUT2D eigenvalue weighted by atomic mass is 10.2. The molecule has 0 amide bonds. The normalized spacial score (nSPS) is 22.6. The first kappa shape index (κ1) is 13.2. The molecule has 1 aliphatic heterocycles. The maximum Gasteiger partial charge on any atom is 0.328 e. The largest absolute Gasteiger partial charge is 0.478 e. The molecule has 0 saturated carbocycles. The van der Waals surface area contributed by atoms with Crippen LogP contribution in [-0.2, 0) is 4.79 Å². The van der Waals surface area contributed by atoms with Crippen molar-refractivity contribution in [3.8, 4) is 0 Å². The lowest BCUT2D eigenvalue weighted by molar-refractivity contribution is -0.131. The SMILES string of the molecule is CCN1CCCC1CNCC(C)=CC(=O)O. The Balaban J connectivity index is 2.22. The van der Waals surface area contributed by atoms with Crippen LogP contribution >= 0.6 is 0 Å². The summed E-state index contributed by atoms with van der Waals surface area (Å²) in [6.45, 7) is 7.96. The Kier molecular flexibility index (Phi) is 5.49. The Labute approximate surface area is 97.3 Å². The number of nitrogens with zero attached hydrogens (tertiary/aromatic N) is 1. The van der Waals surface area contributed by atoms with Gasteiger partial charge in [-0.15, -0.1) is 0 Å². The quantitative estimate of drug-likeness (QED) is 0.666. The van der Waals surface area contributed by atoms with Crippen molar-refractivity contribution < 1.29 is 9.90 Å². The van der Waals surface area contributed by atoms with Crippen molar-refractivity contribution in [1.82, 2.24) is 10.2 Å². The van der Waals surface area contributed by atoms with E-state index >= 15 is 0 Å². The zero-order valence-electron chi connectivity index (χ0n) is 10.2. The van der Waals surface area contributed by atoms with Gasteiger partial charge in [-0.2, -0.15) is 0 Å². The topological polar surface area (TPSA) is 52.6 Å². The van der Waals surface area contributed by atoms with E-state index in [-0.39, 0.29) is 0 Å². The molecule has 1 fully saturated rings. The predicted molar refractivity (Wildman–Crippen MR) is 64.5 cm³/mol. The molecule has 0 spiro atoms. The molecular formula is C12H22N2O2. The van der Waals surface area contributed by atoms with E-state index < -0.39 is 5.97 Å². The standard InChI is InChI=1S/C12H22N2O2/c1-3-14-6-4-5-11(14)9-13-8-10(2)7-12(15)16/h7,11,13H,3-6,8-9H2,1-2H3,(H,15,16). The Morgan fingerprint density at radius 1 is 1.62 bits per heavy atom. The van der Waals surface area contributed by atoms with Gasteiger partial charge in [0.15, 0.2) is 0 Å². The fraction of sp³-hybridized carbons (Fsp3) is 0.750. The third kappa shape index (κ3) is 4.33. The molecular weight excluding hydrogens is 204 g/mol. The second kappa shape index (κ2) is 6.66. The molecule has 1 saturated heterocycles. The average molecular weight is 226 g/mol. The van der Waals surface area contributed by atoms with E-state index in [2.05, 4.69) is 17.1 Å². The number of likely N-dealkylation sites (tertiary alicyclic amines) is 1. The maximum atomic E-state index is 10.4. The monoisotopic (exact) mass is 226 g/mol. The number of carboxylic acids is 1. The summed E-state index contributed by atoms with van der Waals surface area (Å²) in [4.78, 5) is 12.9. The van der Waals surface area contributed by atoms with Crippen LogP contribution in [0.2, 0.25) is 0 Å². The van der Waals surface area contributed by atoms with Gasteiger partial charge in [0.05, 0.1) is 0 Å². The molecule has 0 aromatic rings. The van der Waals surface area contributed by atoms with Gasteiger partial charge in [-0.3, -0.25) is 4.90 Å². The second-order valence-electron chi connectivity index (χ2n) is 4.38. The molecule has 1 heterocycles. The van der Waals surface area contributed by atoms with Crippen LogP contribution in [0.3, 0.4) is 0 Å². The summed E-state index contributed by atoms with van der Waals surface area (Å²) in [6, 6.07) is 0.627. The van der Waals surface area contributed by atoms with Gasteiger partial charge in [-0.1, -0.05) is 12.5 Å². The first-order valence-corrected chi connectivity index (χ1v) is 5.98. The first-order chi connectivity index (χ1) is 7.63. The Morgan fingerprint density at radius 2 is 2.38 bits per heavy atom. The molecule has 92 valence electrons. The van der Waals surface area contributed by atoms with Crippen molar-refractivity contribution in [2.45, 2.75) is 32.7 Å². The van der Waals surface area contributed by atoms with Gasteiger partial charge in [0.25, 0.3) is 0 Å². The third-order valence-electron chi connectivity index (χ3n) is 3.06. The van der Waals surface area contributed by atoms with Gasteiger partial charge < -0.3 is 10.4 Å². The van der Waals surface area contributed by atoms with Crippen molar-refractivity contribution in [2.75, 3.05) is 26.2 Å². The molecule has 4 nitrogen and oxygen atoms in total. The van der Waals surface area contributed by atoms with Gasteiger partial charge in [-0.25, -0.2) is 4.79 Å². The second-order valence-corrected chi connectivity index (χ2v) is 4.38. The fourth-order valence-electron chi connectivity index (χ4n) is 2.24. The number of hydrogen-bond donors (Lipinski definition) is 2. The van der Waals surface area contributed by atoms with E-state index in [1.54, 1.807) is 0 Å². The summed E-state index contributed by atoms with van der Waals surface area (Å²) >= 11 is 0. The number of nitrogens with one attached hydrogen (secondary N) is 1. The van der Waals surface area contributed by atoms with Crippen molar-refractivity contribution in [3.05, 3.63) is 11.6 Å². The highest BCUT2D eigenvalue weighted by Crippen LogP contribution is 2.15. The smallest absolute Gasteiger partial charge is 0.328 e. The van der Waals surface area contributed by atoms with E-state index in [1.165, 1.54) is 25.5 Å². The molecule has 0 aromatic heterocycles. The van der Waals surface area contributed by atoms with E-state index in [0.29, 0.717) is 12.6 Å². The minimum Gasteiger partial charge on any atom is -0.478 e. The van der Waals surface area contributed by atoms with Crippen LogP contribution in [0.25, 0.3) is 0 Å². The van der Waals surface area contributed by atoms with Gasteiger partial charge in [-0.05, 0) is 32.9 Å². The summed E-state index contributed by atoms with van der Waals surface area (Å²) < 4.78 is 0. The molecule has 2 N–H and O–H groups in total. The highest BCUT2D eigenvalue weighted by atomic mass is 16.4. The molecule has 0 aromatic carbocycles. The number of hydrogen-bond acceptors (Lipinski definition) is 3. The number of carbonyl (C=O) groups is 1. The van der Waals surface area contributed by atoms with Gasteiger partial charge in [0, 0.05) is 25.2 Å². The average Bonchev–Trinajstić information content (AvgIpc) is 2.64. The molecule has 0 aliphatic carbocycles. The molecule has 16 heavy (non-hydrogen) atoms. The number of carboxylic acid groups (broad SMARTS) is 1. The van der Waals surface area contributed by atoms with Crippen LogP contribution in [0, 0.1) is 0 Å². The summed E-state index contributed by atoms with van der Waals surface area (Å²) in [5, 5.41) is 11.9. The fourth-order valence-corrected chi connectivity index (χ4v) is 2.24. The Bertz CT molecular complexity index is 264. The molecule has 1 rings (SSSR count). The number of aliphatic carboxylic acids is 1. The Morgan fingerprint density at radius 3 is 3.00 bits per heavy atom. The van der Waals surface area contributed by atoms with Gasteiger partial charge in [0.1, 0.15) is 0 Å². The first-order valence-electron chi connectivity index (χ1n) is 5.98. The van der Waals surface area contributed by atoms with E-state index in [4.69, 9.17) is 5.11 Å². The molecule has 0 bridgehead atoms. The van der Waals surface area contributed by atoms with Crippen molar-refractivity contribution in [3.63, 3.8) is 0 Å². The highest BCUT2D eigenvalue weighted by molar-refractivity contribution is 5.80. The zero-order chi connectivity index (χ0) is 12.0. The highest BCUT2D eigenvalue weighted by Gasteiger charge is 2.21. The zero-order valence-corrected chi connectivity index (χ0v) is 10.2. The van der Waals surface area contributed by atoms with Crippen LogP contribution in [0.1, 0.15) is 26.7 Å². The van der Waals surface area contributed by atoms with Crippen molar-refractivity contribution >= 4 is 5.97 Å². The molecule has 1 unspecified atom stereocenters. The van der Waals surface area contributed by atoms with Crippen molar-refractivity contribution in [1.29, 1.82) is 0 Å². The summed E-state index contributed by atoms with van der Waals surface area (Å²) in [5.74, 6) is -0.865. The number of likely N-dealkylation sites (N-methyl/N-ethyl adjacent to an activating group) is 1. The van der Waals surface area contributed by atoms with Crippen molar-refractivity contribution in [2.24, 2.45) is 0 Å². The van der Waals surface area contributed by atoms with Crippen LogP contribution in [-0.4, -0.2) is 48.2 Å². The summed E-state index contributed by atoms with van der Waals surface area (Å²) in [5.41, 5.74) is 0.869. The van der Waals surface area contributed by atoms with E-state index in [0.717, 1.165) is 18.7 Å². The molecule has 0 radical (unpaired) electrons. The van der Waals surface area contributed by atoms with Crippen LogP contribution in [0.5, 0.6) is 0 Å². The third-order valence-corrected chi connectivity index (χ3v) is 3.06. The summed E-state index contributed by atoms with van der Waals surface area (Å²) in [7, 11) is 0. The predicted octanol–water partition coefficient (Wildman–Crippen LogP) is 1.09. The van der Waals surface area contributed by atoms with Crippen LogP contribution < -0.4 is 5.32 Å². The molecule has 1 atom stereocenters. The Hall–Kier alpha value is -0.870. The molecule has 4 heteroatoms. The van der Waals surface area contributed by atoms with Crippen LogP contribution in [0.4, 0.5) is 0 Å². The lowest BCUT2D eigenvalue weighted by Crippen LogP contribution is -2.38.